The van der Waals surface area contributed by atoms with Gasteiger partial charge in [-0.05, 0) is 26.8 Å². The third-order valence-electron chi connectivity index (χ3n) is 2.64. The fourth-order valence-electron chi connectivity index (χ4n) is 1.66. The number of rotatable bonds is 7. The third kappa shape index (κ3) is 10.5. The second-order valence-corrected chi connectivity index (χ2v) is 8.30. The van der Waals surface area contributed by atoms with Gasteiger partial charge in [0, 0.05) is 22.4 Å². The van der Waals surface area contributed by atoms with E-state index in [0.29, 0.717) is 22.4 Å². The zero-order valence-corrected chi connectivity index (χ0v) is 22.1. The van der Waals surface area contributed by atoms with Gasteiger partial charge in [-0.2, -0.15) is 0 Å². The minimum Gasteiger partial charge on any atom is -0.699 e. The van der Waals surface area contributed by atoms with Crippen LogP contribution in [0.5, 0.6) is 5.75 Å². The van der Waals surface area contributed by atoms with Gasteiger partial charge in [-0.3, -0.25) is 10.8 Å². The number of hydrogen-bond donors (Lipinski definition) is 1. The molecule has 0 fully saturated rings. The van der Waals surface area contributed by atoms with E-state index in [1.54, 1.807) is 30.2 Å². The molecule has 1 aromatic carbocycles. The van der Waals surface area contributed by atoms with Crippen LogP contribution in [-0.2, 0) is 0 Å². The van der Waals surface area contributed by atoms with E-state index in [2.05, 4.69) is 39.0 Å². The largest absolute Gasteiger partial charge is 2.00 e. The molecule has 1 unspecified atom stereocenters. The van der Waals surface area contributed by atoms with E-state index >= 15 is 0 Å². The Morgan fingerprint density at radius 2 is 1.84 bits per heavy atom. The van der Waals surface area contributed by atoms with Crippen LogP contribution in [0.2, 0.25) is 10.0 Å². The fraction of sp³-hybridized carbons (Fsp3) is 0.500. The number of halogens is 2. The molecule has 2 N–H and O–H groups in total. The quantitative estimate of drug-likeness (QED) is 0.203. The first-order valence-corrected chi connectivity index (χ1v) is 9.43. The van der Waals surface area contributed by atoms with E-state index < -0.39 is 6.04 Å². The summed E-state index contributed by atoms with van der Waals surface area (Å²) in [7, 11) is 0. The summed E-state index contributed by atoms with van der Waals surface area (Å²) >= 11 is 13.8. The van der Waals surface area contributed by atoms with Crippen molar-refractivity contribution >= 4 is 35.1 Å². The topological polar surface area (TPSA) is 45.1 Å². The molecule has 140 valence electrons. The second kappa shape index (κ2) is 13.8. The maximum Gasteiger partial charge on any atom is 2.00 e. The summed E-state index contributed by atoms with van der Waals surface area (Å²) in [6.45, 7) is 18.1. The van der Waals surface area contributed by atoms with Gasteiger partial charge in [0.1, 0.15) is 12.4 Å². The molecule has 0 saturated carbocycles. The van der Waals surface area contributed by atoms with Gasteiger partial charge in [-0.25, -0.2) is 0 Å². The molecule has 25 heavy (non-hydrogen) atoms. The van der Waals surface area contributed by atoms with Crippen LogP contribution in [0.25, 0.3) is 5.73 Å². The molecule has 7 heteroatoms. The van der Waals surface area contributed by atoms with Crippen molar-refractivity contribution in [3.8, 4) is 5.75 Å². The van der Waals surface area contributed by atoms with Crippen molar-refractivity contribution in [3.05, 3.63) is 53.1 Å². The number of benzene rings is 1. The number of ether oxygens (including phenoxy) is 1. The van der Waals surface area contributed by atoms with Crippen LogP contribution in [0.3, 0.4) is 0 Å². The molecule has 0 saturated heterocycles. The zero-order chi connectivity index (χ0) is 18.9. The fourth-order valence-corrected chi connectivity index (χ4v) is 2.76. The van der Waals surface area contributed by atoms with Gasteiger partial charge in [-0.1, -0.05) is 61.7 Å². The van der Waals surface area contributed by atoms with Gasteiger partial charge in [0.2, 0.25) is 0 Å². The van der Waals surface area contributed by atoms with Gasteiger partial charge in [0.05, 0.1) is 10.0 Å². The van der Waals surface area contributed by atoms with Crippen molar-refractivity contribution in [2.45, 2.75) is 51.4 Å². The Labute approximate surface area is 191 Å². The summed E-state index contributed by atoms with van der Waals surface area (Å²) in [5.74, 6) is 0.585. The van der Waals surface area contributed by atoms with E-state index in [0.717, 1.165) is 5.56 Å². The smallest absolute Gasteiger partial charge is 0.699 e. The van der Waals surface area contributed by atoms with Crippen LogP contribution in [0.15, 0.2) is 24.8 Å². The maximum atomic E-state index is 8.04. The summed E-state index contributed by atoms with van der Waals surface area (Å²) in [5, 5.41) is 0.841. The van der Waals surface area contributed by atoms with Crippen LogP contribution >= 0.6 is 35.1 Å². The SMILES string of the molecule is C=CCOc1cc(Cl)c(Cl)cc1C(NSC(C)(C)C)[C@H]([CH2-])[NH-].CC.[U+2]. The molecule has 0 amide bonds. The molecule has 0 radical (unpaired) electrons. The molecular weight excluding hydrogens is 601 g/mol. The molecule has 0 aromatic heterocycles. The Morgan fingerprint density at radius 1 is 1.32 bits per heavy atom. The van der Waals surface area contributed by atoms with Crippen molar-refractivity contribution in [3.63, 3.8) is 0 Å². The predicted molar refractivity (Wildman–Crippen MR) is 110 cm³/mol. The number of nitrogens with one attached hydrogen (secondary N) is 2. The molecule has 1 rings (SSSR count). The Morgan fingerprint density at radius 3 is 2.28 bits per heavy atom. The van der Waals surface area contributed by atoms with Crippen molar-refractivity contribution in [2.24, 2.45) is 0 Å². The van der Waals surface area contributed by atoms with E-state index in [-0.39, 0.29) is 41.9 Å². The van der Waals surface area contributed by atoms with Crippen molar-refractivity contribution < 1.29 is 35.9 Å². The van der Waals surface area contributed by atoms with Crippen LogP contribution < -0.4 is 9.46 Å². The first kappa shape index (κ1) is 27.9. The van der Waals surface area contributed by atoms with Crippen LogP contribution in [-0.4, -0.2) is 17.4 Å². The van der Waals surface area contributed by atoms with E-state index in [1.165, 1.54) is 0 Å². The summed E-state index contributed by atoms with van der Waals surface area (Å²) < 4.78 is 8.97. The normalized spacial score (nSPS) is 13.0. The van der Waals surface area contributed by atoms with Crippen LogP contribution in [0.4, 0.5) is 0 Å². The van der Waals surface area contributed by atoms with Gasteiger partial charge >= 0.3 is 31.1 Å². The standard InChI is InChI=1S/C16H22Cl2N2OS.C2H6.U/c1-6-7-21-14-9-13(18)12(17)8-11(14)15(10(2)19)20-22-16(3,4)5;1-2;/h6,8-10,15,19-20H,1-2,7H2,3-5H3;1-2H3;/q-2;;+2/t10-,15?;;/m0../s1. The van der Waals surface area contributed by atoms with Crippen molar-refractivity contribution in [2.75, 3.05) is 6.61 Å². The minimum absolute atomic E-state index is 0. The van der Waals surface area contributed by atoms with Gasteiger partial charge in [0.25, 0.3) is 0 Å². The predicted octanol–water partition coefficient (Wildman–Crippen LogP) is 6.92. The molecular formula is C18H28Cl2N2OSU. The molecule has 0 bridgehead atoms. The molecule has 0 aliphatic rings. The van der Waals surface area contributed by atoms with Crippen molar-refractivity contribution in [1.29, 1.82) is 0 Å². The Kier molecular flexibility index (Phi) is 15.4. The maximum absolute atomic E-state index is 8.04. The summed E-state index contributed by atoms with van der Waals surface area (Å²) in [6.07, 6.45) is 1.65. The molecule has 2 atom stereocenters. The van der Waals surface area contributed by atoms with E-state index in [1.807, 2.05) is 13.8 Å². The molecule has 1 aromatic rings. The first-order valence-electron chi connectivity index (χ1n) is 7.86. The Bertz CT molecular complexity index is 523. The monoisotopic (exact) mass is 628 g/mol. The van der Waals surface area contributed by atoms with Gasteiger partial charge < -0.3 is 17.4 Å². The second-order valence-electron chi connectivity index (χ2n) is 5.82. The van der Waals surface area contributed by atoms with Crippen LogP contribution in [0.1, 0.15) is 46.2 Å². The third-order valence-corrected chi connectivity index (χ3v) is 4.35. The number of hydrogen-bond acceptors (Lipinski definition) is 3. The molecule has 0 spiro atoms. The van der Waals surface area contributed by atoms with E-state index in [9.17, 15) is 0 Å². The zero-order valence-electron chi connectivity index (χ0n) is 15.6. The average molecular weight is 629 g/mol. The molecule has 0 heterocycles. The summed E-state index contributed by atoms with van der Waals surface area (Å²) in [4.78, 5) is 0. The summed E-state index contributed by atoms with van der Waals surface area (Å²) in [6, 6.07) is 2.44. The minimum atomic E-state index is -0.627. The average Bonchev–Trinajstić information content (AvgIpc) is 2.49. The molecule has 0 aliphatic carbocycles. The molecule has 0 aliphatic heterocycles. The first-order chi connectivity index (χ1) is 11.2. The Balaban J connectivity index is 0. The van der Waals surface area contributed by atoms with Crippen LogP contribution in [0, 0.1) is 38.0 Å². The Hall–Kier alpha value is 0.662. The molecule has 3 nitrogen and oxygen atoms in total. The van der Waals surface area contributed by atoms with E-state index in [4.69, 9.17) is 33.7 Å². The van der Waals surface area contributed by atoms with Gasteiger partial charge in [0.15, 0.2) is 0 Å². The van der Waals surface area contributed by atoms with Crippen molar-refractivity contribution in [1.82, 2.24) is 4.72 Å². The van der Waals surface area contributed by atoms with Gasteiger partial charge in [-0.15, -0.1) is 0 Å². The summed E-state index contributed by atoms with van der Waals surface area (Å²) in [5.41, 5.74) is 8.81.